The van der Waals surface area contributed by atoms with Crippen LogP contribution in [0.15, 0.2) is 48.7 Å². The summed E-state index contributed by atoms with van der Waals surface area (Å²) in [4.78, 5) is 13.2. The van der Waals surface area contributed by atoms with Crippen molar-refractivity contribution in [1.82, 2.24) is 15.0 Å². The monoisotopic (exact) mass is 401 g/mol. The second kappa shape index (κ2) is 7.69. The minimum absolute atomic E-state index is 0.100. The Morgan fingerprint density at radius 3 is 2.28 bits per heavy atom. The van der Waals surface area contributed by atoms with E-state index < -0.39 is 11.7 Å². The number of nitrogens with one attached hydrogen (secondary N) is 2. The Labute approximate surface area is 167 Å². The first-order chi connectivity index (χ1) is 13.5. The van der Waals surface area contributed by atoms with E-state index in [4.69, 9.17) is 0 Å². The highest BCUT2D eigenvalue weighted by molar-refractivity contribution is 5.67. The molecule has 29 heavy (non-hydrogen) atoms. The molecular formula is C21H22F3N5. The number of hydrogen-bond donors (Lipinski definition) is 2. The number of hydrogen-bond acceptors (Lipinski definition) is 5. The maximum atomic E-state index is 13.2. The number of halogens is 3. The third-order valence-electron chi connectivity index (χ3n) is 4.04. The van der Waals surface area contributed by atoms with E-state index in [1.807, 2.05) is 32.9 Å². The van der Waals surface area contributed by atoms with Crippen molar-refractivity contribution in [2.24, 2.45) is 0 Å². The summed E-state index contributed by atoms with van der Waals surface area (Å²) in [7, 11) is 0. The molecule has 0 aliphatic heterocycles. The van der Waals surface area contributed by atoms with Gasteiger partial charge in [0.1, 0.15) is 5.82 Å². The van der Waals surface area contributed by atoms with Crippen molar-refractivity contribution in [3.8, 4) is 11.4 Å². The van der Waals surface area contributed by atoms with Crippen LogP contribution in [0.1, 0.15) is 31.9 Å². The van der Waals surface area contributed by atoms with Gasteiger partial charge in [-0.25, -0.2) is 4.98 Å². The van der Waals surface area contributed by atoms with Gasteiger partial charge >= 0.3 is 6.18 Å². The van der Waals surface area contributed by atoms with E-state index in [1.54, 1.807) is 24.4 Å². The predicted octanol–water partition coefficient (Wildman–Crippen LogP) is 5.82. The summed E-state index contributed by atoms with van der Waals surface area (Å²) in [5.41, 5.74) is 0.631. The van der Waals surface area contributed by atoms with Crippen LogP contribution in [0.2, 0.25) is 0 Å². The summed E-state index contributed by atoms with van der Waals surface area (Å²) in [6, 6.07) is 11.1. The Kier molecular flexibility index (Phi) is 5.46. The van der Waals surface area contributed by atoms with Gasteiger partial charge in [-0.15, -0.1) is 0 Å². The predicted molar refractivity (Wildman–Crippen MR) is 108 cm³/mol. The fourth-order valence-electron chi connectivity index (χ4n) is 2.76. The van der Waals surface area contributed by atoms with Gasteiger partial charge < -0.3 is 10.6 Å². The normalized spacial score (nSPS) is 12.0. The summed E-state index contributed by atoms with van der Waals surface area (Å²) in [6.45, 7) is 7.33. The lowest BCUT2D eigenvalue weighted by atomic mass is 10.1. The first-order valence-corrected chi connectivity index (χ1v) is 9.05. The number of aromatic nitrogens is 3. The molecule has 1 aromatic carbocycles. The van der Waals surface area contributed by atoms with E-state index in [0.29, 0.717) is 28.8 Å². The number of pyridine rings is 1. The quantitative estimate of drug-likeness (QED) is 0.577. The summed E-state index contributed by atoms with van der Waals surface area (Å²) in [6.07, 6.45) is -2.77. The van der Waals surface area contributed by atoms with Gasteiger partial charge in [0.25, 0.3) is 0 Å². The number of nitrogens with zero attached hydrogens (tertiary/aromatic N) is 3. The van der Waals surface area contributed by atoms with Crippen molar-refractivity contribution in [3.05, 3.63) is 59.8 Å². The van der Waals surface area contributed by atoms with Crippen molar-refractivity contribution >= 4 is 17.5 Å². The van der Waals surface area contributed by atoms with E-state index in [1.165, 1.54) is 13.0 Å². The smallest absolute Gasteiger partial charge is 0.350 e. The standard InChI is InChI=1S/C21H22F3N5/c1-13-14(21(22,23)24)8-7-10-15(13)26-18-12-17(16-9-5-6-11-25-16)27-19(28-18)29-20(2,3)4/h5-12H,1-4H3,(H2,26,27,28,29). The van der Waals surface area contributed by atoms with E-state index in [2.05, 4.69) is 25.6 Å². The molecule has 8 heteroatoms. The van der Waals surface area contributed by atoms with Crippen LogP contribution in [0.5, 0.6) is 0 Å². The minimum Gasteiger partial charge on any atom is -0.350 e. The first kappa shape index (κ1) is 20.6. The number of alkyl halides is 3. The Bertz CT molecular complexity index is 995. The third kappa shape index (κ3) is 5.22. The van der Waals surface area contributed by atoms with Crippen molar-refractivity contribution in [1.29, 1.82) is 0 Å². The van der Waals surface area contributed by atoms with Gasteiger partial charge in [0, 0.05) is 23.5 Å². The summed E-state index contributed by atoms with van der Waals surface area (Å²) in [5.74, 6) is 0.725. The van der Waals surface area contributed by atoms with Crippen LogP contribution in [0.25, 0.3) is 11.4 Å². The zero-order chi connectivity index (χ0) is 21.2. The fraction of sp³-hybridized carbons (Fsp3) is 0.286. The van der Waals surface area contributed by atoms with Gasteiger partial charge in [-0.05, 0) is 57.5 Å². The van der Waals surface area contributed by atoms with Gasteiger partial charge in [-0.2, -0.15) is 18.2 Å². The molecule has 0 amide bonds. The Balaban J connectivity index is 2.04. The lowest BCUT2D eigenvalue weighted by Gasteiger charge is -2.21. The van der Waals surface area contributed by atoms with Crippen molar-refractivity contribution in [3.63, 3.8) is 0 Å². The van der Waals surface area contributed by atoms with Gasteiger partial charge in [-0.3, -0.25) is 4.98 Å². The largest absolute Gasteiger partial charge is 0.416 e. The average Bonchev–Trinajstić information content (AvgIpc) is 2.61. The third-order valence-corrected chi connectivity index (χ3v) is 4.04. The van der Waals surface area contributed by atoms with E-state index in [-0.39, 0.29) is 11.1 Å². The lowest BCUT2D eigenvalue weighted by molar-refractivity contribution is -0.138. The highest BCUT2D eigenvalue weighted by Crippen LogP contribution is 2.35. The summed E-state index contributed by atoms with van der Waals surface area (Å²) < 4.78 is 39.7. The molecule has 0 atom stereocenters. The number of rotatable bonds is 4. The second-order valence-electron chi connectivity index (χ2n) is 7.65. The maximum Gasteiger partial charge on any atom is 0.416 e. The van der Waals surface area contributed by atoms with E-state index in [0.717, 1.165) is 6.07 Å². The van der Waals surface area contributed by atoms with Crippen LogP contribution in [0.3, 0.4) is 0 Å². The topological polar surface area (TPSA) is 62.7 Å². The molecule has 0 unspecified atom stereocenters. The molecule has 2 heterocycles. The Hall–Kier alpha value is -3.16. The molecule has 0 radical (unpaired) electrons. The molecule has 5 nitrogen and oxygen atoms in total. The fourth-order valence-corrected chi connectivity index (χ4v) is 2.76. The number of anilines is 3. The van der Waals surface area contributed by atoms with Crippen molar-refractivity contribution < 1.29 is 13.2 Å². The molecule has 0 spiro atoms. The van der Waals surface area contributed by atoms with Crippen LogP contribution in [-0.4, -0.2) is 20.5 Å². The number of benzene rings is 1. The summed E-state index contributed by atoms with van der Waals surface area (Å²) in [5, 5.41) is 6.20. The van der Waals surface area contributed by atoms with E-state index >= 15 is 0 Å². The van der Waals surface area contributed by atoms with Crippen LogP contribution >= 0.6 is 0 Å². The van der Waals surface area contributed by atoms with Gasteiger partial charge in [0.05, 0.1) is 17.0 Å². The zero-order valence-corrected chi connectivity index (χ0v) is 16.6. The molecule has 0 saturated heterocycles. The first-order valence-electron chi connectivity index (χ1n) is 9.05. The zero-order valence-electron chi connectivity index (χ0n) is 16.6. The summed E-state index contributed by atoms with van der Waals surface area (Å²) >= 11 is 0. The molecule has 0 bridgehead atoms. The van der Waals surface area contributed by atoms with Crippen LogP contribution < -0.4 is 10.6 Å². The highest BCUT2D eigenvalue weighted by atomic mass is 19.4. The van der Waals surface area contributed by atoms with Crippen molar-refractivity contribution in [2.75, 3.05) is 10.6 Å². The average molecular weight is 401 g/mol. The van der Waals surface area contributed by atoms with E-state index in [9.17, 15) is 13.2 Å². The molecule has 3 rings (SSSR count). The molecule has 0 aliphatic carbocycles. The Morgan fingerprint density at radius 1 is 0.897 bits per heavy atom. The minimum atomic E-state index is -4.43. The van der Waals surface area contributed by atoms with Gasteiger partial charge in [0.2, 0.25) is 5.95 Å². The molecule has 2 aromatic heterocycles. The van der Waals surface area contributed by atoms with Crippen LogP contribution in [0.4, 0.5) is 30.6 Å². The lowest BCUT2D eigenvalue weighted by Crippen LogP contribution is -2.27. The molecule has 0 fully saturated rings. The molecule has 3 aromatic rings. The van der Waals surface area contributed by atoms with Crippen molar-refractivity contribution in [2.45, 2.75) is 39.4 Å². The molecule has 2 N–H and O–H groups in total. The molecule has 152 valence electrons. The second-order valence-corrected chi connectivity index (χ2v) is 7.65. The van der Waals surface area contributed by atoms with Crippen LogP contribution in [0, 0.1) is 6.92 Å². The van der Waals surface area contributed by atoms with Gasteiger partial charge in [0.15, 0.2) is 0 Å². The SMILES string of the molecule is Cc1c(Nc2cc(-c3ccccn3)nc(NC(C)(C)C)n2)cccc1C(F)(F)F. The van der Waals surface area contributed by atoms with Gasteiger partial charge in [-0.1, -0.05) is 12.1 Å². The highest BCUT2D eigenvalue weighted by Gasteiger charge is 2.33. The maximum absolute atomic E-state index is 13.2. The Morgan fingerprint density at radius 2 is 1.66 bits per heavy atom. The molecule has 0 aliphatic rings. The molecular weight excluding hydrogens is 379 g/mol. The molecule has 0 saturated carbocycles. The van der Waals surface area contributed by atoms with Crippen LogP contribution in [-0.2, 0) is 6.18 Å².